The average molecular weight is 238 g/mol. The van der Waals surface area contributed by atoms with E-state index in [1.54, 1.807) is 0 Å². The van der Waals surface area contributed by atoms with Gasteiger partial charge in [0.1, 0.15) is 0 Å². The molecule has 1 rings (SSSR count). The van der Waals surface area contributed by atoms with E-state index < -0.39 is 0 Å². The van der Waals surface area contributed by atoms with E-state index in [0.29, 0.717) is 0 Å². The number of nitrogens with two attached hydrogens (primary N) is 1. The van der Waals surface area contributed by atoms with Crippen LogP contribution in [0, 0.1) is 0 Å². The van der Waals surface area contributed by atoms with Crippen molar-refractivity contribution in [2.45, 2.75) is 51.7 Å². The van der Waals surface area contributed by atoms with Crippen LogP contribution < -0.4 is 5.73 Å². The van der Waals surface area contributed by atoms with Gasteiger partial charge in [-0.3, -0.25) is 9.58 Å². The van der Waals surface area contributed by atoms with E-state index in [2.05, 4.69) is 50.9 Å². The summed E-state index contributed by atoms with van der Waals surface area (Å²) in [6.07, 6.45) is 5.06. The summed E-state index contributed by atoms with van der Waals surface area (Å²) >= 11 is 0. The summed E-state index contributed by atoms with van der Waals surface area (Å²) in [4.78, 5) is 2.36. The van der Waals surface area contributed by atoms with Crippen molar-refractivity contribution in [1.29, 1.82) is 0 Å². The summed E-state index contributed by atoms with van der Waals surface area (Å²) in [5.41, 5.74) is 7.47. The molecule has 0 saturated carbocycles. The second kappa shape index (κ2) is 5.19. The van der Waals surface area contributed by atoms with Gasteiger partial charge >= 0.3 is 0 Å². The Labute approximate surface area is 105 Å². The molecule has 2 N–H and O–H groups in total. The van der Waals surface area contributed by atoms with Gasteiger partial charge in [0, 0.05) is 30.4 Å². The predicted octanol–water partition coefficient (Wildman–Crippen LogP) is 1.93. The van der Waals surface area contributed by atoms with Crippen LogP contribution in [0.2, 0.25) is 0 Å². The second-order valence-electron chi connectivity index (χ2n) is 5.53. The van der Waals surface area contributed by atoms with Gasteiger partial charge in [-0.05, 0) is 34.2 Å². The summed E-state index contributed by atoms with van der Waals surface area (Å²) in [7, 11) is 4.08. The third-order valence-corrected chi connectivity index (χ3v) is 3.80. The maximum atomic E-state index is 6.15. The maximum Gasteiger partial charge on any atom is 0.0538 e. The molecule has 0 aromatic carbocycles. The lowest BCUT2D eigenvalue weighted by Crippen LogP contribution is -2.48. The SMILES string of the molecule is CCC(C)(C)N(C)C(c1cnn(C)c1)C(C)N. The molecule has 0 bridgehead atoms. The summed E-state index contributed by atoms with van der Waals surface area (Å²) in [6.45, 7) is 8.76. The van der Waals surface area contributed by atoms with Gasteiger partial charge in [-0.1, -0.05) is 6.92 Å². The van der Waals surface area contributed by atoms with Crippen LogP contribution in [-0.2, 0) is 7.05 Å². The number of hydrogen-bond acceptors (Lipinski definition) is 3. The predicted molar refractivity (Wildman–Crippen MR) is 71.7 cm³/mol. The molecule has 0 saturated heterocycles. The van der Waals surface area contributed by atoms with Crippen molar-refractivity contribution in [2.24, 2.45) is 12.8 Å². The standard InChI is InChI=1S/C13H26N4/c1-7-13(3,4)17(6)12(10(2)14)11-8-15-16(5)9-11/h8-10,12H,7,14H2,1-6H3. The molecule has 2 unspecified atom stereocenters. The normalized spacial score (nSPS) is 16.2. The Morgan fingerprint density at radius 1 is 1.53 bits per heavy atom. The zero-order chi connectivity index (χ0) is 13.2. The molecule has 0 aliphatic heterocycles. The molecule has 0 fully saturated rings. The van der Waals surface area contributed by atoms with Gasteiger partial charge in [0.15, 0.2) is 0 Å². The molecule has 0 radical (unpaired) electrons. The molecule has 0 amide bonds. The number of likely N-dealkylation sites (N-methyl/N-ethyl adjacent to an activating group) is 1. The van der Waals surface area contributed by atoms with Crippen LogP contribution in [0.25, 0.3) is 0 Å². The summed E-state index contributed by atoms with van der Waals surface area (Å²) in [5, 5.41) is 4.24. The van der Waals surface area contributed by atoms with Crippen LogP contribution in [0.4, 0.5) is 0 Å². The fraction of sp³-hybridized carbons (Fsp3) is 0.769. The lowest BCUT2D eigenvalue weighted by Gasteiger charge is -2.42. The number of hydrogen-bond donors (Lipinski definition) is 1. The van der Waals surface area contributed by atoms with Crippen molar-refractivity contribution in [3.05, 3.63) is 18.0 Å². The van der Waals surface area contributed by atoms with Crippen molar-refractivity contribution < 1.29 is 0 Å². The highest BCUT2D eigenvalue weighted by molar-refractivity contribution is 5.14. The third-order valence-electron chi connectivity index (χ3n) is 3.80. The van der Waals surface area contributed by atoms with Crippen molar-refractivity contribution in [3.63, 3.8) is 0 Å². The minimum absolute atomic E-state index is 0.0787. The van der Waals surface area contributed by atoms with Gasteiger partial charge in [0.05, 0.1) is 12.2 Å². The monoisotopic (exact) mass is 238 g/mol. The van der Waals surface area contributed by atoms with Crippen LogP contribution in [0.5, 0.6) is 0 Å². The third kappa shape index (κ3) is 3.07. The molecule has 17 heavy (non-hydrogen) atoms. The molecule has 1 aromatic heterocycles. The Balaban J connectivity index is 3.02. The first kappa shape index (κ1) is 14.2. The number of rotatable bonds is 5. The highest BCUT2D eigenvalue weighted by Gasteiger charge is 2.31. The molecule has 4 nitrogen and oxygen atoms in total. The molecule has 98 valence electrons. The number of aryl methyl sites for hydroxylation is 1. The molecule has 1 aromatic rings. The summed E-state index contributed by atoms with van der Waals surface area (Å²) < 4.78 is 1.83. The van der Waals surface area contributed by atoms with Gasteiger partial charge in [-0.2, -0.15) is 5.10 Å². The second-order valence-corrected chi connectivity index (χ2v) is 5.53. The van der Waals surface area contributed by atoms with Crippen LogP contribution in [-0.4, -0.2) is 33.3 Å². The molecular weight excluding hydrogens is 212 g/mol. The van der Waals surface area contributed by atoms with E-state index in [0.717, 1.165) is 6.42 Å². The molecule has 0 aliphatic rings. The fourth-order valence-corrected chi connectivity index (χ4v) is 2.10. The van der Waals surface area contributed by atoms with E-state index in [-0.39, 0.29) is 17.6 Å². The van der Waals surface area contributed by atoms with E-state index in [4.69, 9.17) is 5.73 Å². The minimum atomic E-state index is 0.0787. The Morgan fingerprint density at radius 2 is 2.12 bits per heavy atom. The zero-order valence-corrected chi connectivity index (χ0v) is 11.9. The highest BCUT2D eigenvalue weighted by atomic mass is 15.3. The van der Waals surface area contributed by atoms with Crippen LogP contribution >= 0.6 is 0 Å². The first-order valence-corrected chi connectivity index (χ1v) is 6.26. The van der Waals surface area contributed by atoms with Gasteiger partial charge in [0.25, 0.3) is 0 Å². The average Bonchev–Trinajstić information content (AvgIpc) is 2.64. The summed E-state index contributed by atoms with van der Waals surface area (Å²) in [5.74, 6) is 0. The van der Waals surface area contributed by atoms with Crippen LogP contribution in [0.3, 0.4) is 0 Å². The Morgan fingerprint density at radius 3 is 2.47 bits per heavy atom. The number of nitrogens with zero attached hydrogens (tertiary/aromatic N) is 3. The van der Waals surface area contributed by atoms with E-state index in [9.17, 15) is 0 Å². The molecule has 4 heteroatoms. The molecule has 1 heterocycles. The fourth-order valence-electron chi connectivity index (χ4n) is 2.10. The van der Waals surface area contributed by atoms with Crippen molar-refractivity contribution in [1.82, 2.24) is 14.7 Å². The Kier molecular flexibility index (Phi) is 4.33. The Bertz CT molecular complexity index is 354. The topological polar surface area (TPSA) is 47.1 Å². The van der Waals surface area contributed by atoms with E-state index in [1.165, 1.54) is 5.56 Å². The smallest absolute Gasteiger partial charge is 0.0538 e. The minimum Gasteiger partial charge on any atom is -0.326 e. The van der Waals surface area contributed by atoms with Crippen molar-refractivity contribution in [2.75, 3.05) is 7.05 Å². The van der Waals surface area contributed by atoms with Crippen LogP contribution in [0.1, 0.15) is 45.7 Å². The van der Waals surface area contributed by atoms with E-state index >= 15 is 0 Å². The number of aromatic nitrogens is 2. The molecule has 0 spiro atoms. The molecular formula is C13H26N4. The van der Waals surface area contributed by atoms with Gasteiger partial charge in [-0.25, -0.2) is 0 Å². The first-order valence-electron chi connectivity index (χ1n) is 6.26. The lowest BCUT2D eigenvalue weighted by molar-refractivity contribution is 0.0847. The summed E-state index contributed by atoms with van der Waals surface area (Å²) in [6, 6.07) is 0.286. The Hall–Kier alpha value is -0.870. The quantitative estimate of drug-likeness (QED) is 0.852. The maximum absolute atomic E-state index is 6.15. The van der Waals surface area contributed by atoms with Gasteiger partial charge < -0.3 is 5.73 Å². The first-order chi connectivity index (χ1) is 7.79. The van der Waals surface area contributed by atoms with Crippen molar-refractivity contribution in [3.8, 4) is 0 Å². The zero-order valence-electron chi connectivity index (χ0n) is 11.9. The van der Waals surface area contributed by atoms with E-state index in [1.807, 2.05) is 17.9 Å². The van der Waals surface area contributed by atoms with Gasteiger partial charge in [0.2, 0.25) is 0 Å². The molecule has 2 atom stereocenters. The van der Waals surface area contributed by atoms with Crippen molar-refractivity contribution >= 4 is 0 Å². The van der Waals surface area contributed by atoms with Gasteiger partial charge in [-0.15, -0.1) is 0 Å². The largest absolute Gasteiger partial charge is 0.326 e. The van der Waals surface area contributed by atoms with Crippen LogP contribution in [0.15, 0.2) is 12.4 Å². The molecule has 0 aliphatic carbocycles. The highest BCUT2D eigenvalue weighted by Crippen LogP contribution is 2.30. The lowest BCUT2D eigenvalue weighted by atomic mass is 9.93.